The first-order chi connectivity index (χ1) is 20.2. The average molecular weight is 643 g/mol. The summed E-state index contributed by atoms with van der Waals surface area (Å²) >= 11 is 0. The molecule has 0 bridgehead atoms. The zero-order chi connectivity index (χ0) is 30.2. The largest absolute Gasteiger partial charge is 2.00 e. The Morgan fingerprint density at radius 3 is 1.86 bits per heavy atom. The van der Waals surface area contributed by atoms with Crippen LogP contribution in [0.5, 0.6) is 11.5 Å². The minimum absolute atomic E-state index is 0. The van der Waals surface area contributed by atoms with Crippen molar-refractivity contribution in [3.63, 3.8) is 0 Å². The molecule has 234 valence electrons. The summed E-state index contributed by atoms with van der Waals surface area (Å²) in [6.07, 6.45) is 12.4. The van der Waals surface area contributed by atoms with E-state index in [1.54, 1.807) is 20.1 Å². The van der Waals surface area contributed by atoms with Gasteiger partial charge in [-0.15, -0.1) is 0 Å². The maximum absolute atomic E-state index is 5.71. The van der Waals surface area contributed by atoms with E-state index in [4.69, 9.17) is 9.47 Å². The van der Waals surface area contributed by atoms with E-state index in [-0.39, 0.29) is 17.1 Å². The molecule has 0 radical (unpaired) electrons. The quantitative estimate of drug-likeness (QED) is 0.146. The van der Waals surface area contributed by atoms with E-state index in [0.29, 0.717) is 17.6 Å². The van der Waals surface area contributed by atoms with Crippen LogP contribution in [0.1, 0.15) is 80.3 Å². The Morgan fingerprint density at radius 1 is 0.907 bits per heavy atom. The number of nitrogens with one attached hydrogen (secondary N) is 1. The normalized spacial score (nSPS) is 19.0. The third-order valence-electron chi connectivity index (χ3n) is 8.96. The molecule has 1 aromatic heterocycles. The van der Waals surface area contributed by atoms with E-state index < -0.39 is 7.92 Å². The number of rotatable bonds is 9. The molecule has 2 aliphatic carbocycles. The molecule has 1 heterocycles. The Balaban J connectivity index is 0.000000645. The minimum Gasteiger partial charge on any atom is -0.496 e. The summed E-state index contributed by atoms with van der Waals surface area (Å²) in [4.78, 5) is 4.51. The summed E-state index contributed by atoms with van der Waals surface area (Å²) in [5, 5.41) is 6.67. The molecule has 1 N–H and O–H groups in total. The monoisotopic (exact) mass is 642 g/mol. The number of nitrogens with zero attached hydrogens (tertiary/aromatic N) is 1. The van der Waals surface area contributed by atoms with Gasteiger partial charge in [-0.1, -0.05) is 18.9 Å². The van der Waals surface area contributed by atoms with Gasteiger partial charge in [0.25, 0.3) is 0 Å². The first-order valence-corrected chi connectivity index (χ1v) is 17.0. The van der Waals surface area contributed by atoms with Crippen LogP contribution in [0, 0.1) is 46.0 Å². The molecule has 2 aliphatic rings. The van der Waals surface area contributed by atoms with Crippen LogP contribution in [0.3, 0.4) is 0 Å². The second-order valence-electron chi connectivity index (χ2n) is 12.2. The van der Waals surface area contributed by atoms with Crippen molar-refractivity contribution in [2.75, 3.05) is 14.2 Å². The fourth-order valence-corrected chi connectivity index (χ4v) is 10.4. The Bertz CT molecular complexity index is 1190. The van der Waals surface area contributed by atoms with Crippen LogP contribution in [-0.4, -0.2) is 30.9 Å². The fourth-order valence-electron chi connectivity index (χ4n) is 6.83. The van der Waals surface area contributed by atoms with Gasteiger partial charge in [-0.25, -0.2) is 0 Å². The first-order valence-electron chi connectivity index (χ1n) is 15.6. The second kappa shape index (κ2) is 17.0. The molecule has 2 unspecified atom stereocenters. The summed E-state index contributed by atoms with van der Waals surface area (Å²) in [5.74, 6) is 4.26. The summed E-state index contributed by atoms with van der Waals surface area (Å²) < 4.78 is 11.4. The molecular weight excluding hydrogens is 591 g/mol. The van der Waals surface area contributed by atoms with E-state index in [0.717, 1.165) is 36.6 Å². The molecule has 2 fully saturated rings. The molecule has 0 aliphatic heterocycles. The van der Waals surface area contributed by atoms with Gasteiger partial charge >= 0.3 is 17.1 Å². The van der Waals surface area contributed by atoms with E-state index in [9.17, 15) is 0 Å². The van der Waals surface area contributed by atoms with Crippen molar-refractivity contribution >= 4 is 18.5 Å². The maximum atomic E-state index is 5.71. The SMILES string of the molecule is COc1c(C)cc(P(c2cc(C)c(OC)c(C)c2)C2C[CH-]CC2[C@@H](C)NCc2ccccn2)cc1C.C[C-]1CCCC1.[Fe+2]. The number of aryl methyl sites for hydroxylation is 4. The Kier molecular flexibility index (Phi) is 14.0. The van der Waals surface area contributed by atoms with Crippen molar-refractivity contribution in [3.05, 3.63) is 88.9 Å². The molecule has 3 aromatic rings. The Hall–Kier alpha value is -1.90. The molecule has 6 heteroatoms. The van der Waals surface area contributed by atoms with Crippen molar-refractivity contribution < 1.29 is 26.5 Å². The van der Waals surface area contributed by atoms with Gasteiger partial charge in [-0.2, -0.15) is 32.6 Å². The van der Waals surface area contributed by atoms with Gasteiger partial charge in [0.15, 0.2) is 0 Å². The van der Waals surface area contributed by atoms with Crippen molar-refractivity contribution in [2.45, 2.75) is 98.3 Å². The van der Waals surface area contributed by atoms with Crippen molar-refractivity contribution in [1.82, 2.24) is 10.3 Å². The molecule has 2 saturated carbocycles. The third kappa shape index (κ3) is 9.07. The number of aromatic nitrogens is 1. The minimum atomic E-state index is -0.586. The van der Waals surface area contributed by atoms with Gasteiger partial charge in [-0.3, -0.25) is 4.98 Å². The van der Waals surface area contributed by atoms with Crippen molar-refractivity contribution in [3.8, 4) is 11.5 Å². The van der Waals surface area contributed by atoms with Gasteiger partial charge in [-0.05, 0) is 123 Å². The van der Waals surface area contributed by atoms with Crippen LogP contribution in [0.15, 0.2) is 48.7 Å². The van der Waals surface area contributed by atoms with Gasteiger partial charge in [0.2, 0.25) is 0 Å². The summed E-state index contributed by atoms with van der Waals surface area (Å²) in [6, 6.07) is 16.0. The van der Waals surface area contributed by atoms with Crippen LogP contribution in [0.4, 0.5) is 0 Å². The average Bonchev–Trinajstić information content (AvgIpc) is 3.65. The predicted molar refractivity (Wildman–Crippen MR) is 180 cm³/mol. The fraction of sp³-hybridized carbons (Fsp3) is 0.486. The molecule has 0 amide bonds. The topological polar surface area (TPSA) is 43.4 Å². The molecular formula is C37H51FeN2O2P. The van der Waals surface area contributed by atoms with Crippen LogP contribution < -0.4 is 25.4 Å². The van der Waals surface area contributed by atoms with E-state index in [1.165, 1.54) is 58.5 Å². The van der Waals surface area contributed by atoms with Crippen molar-refractivity contribution in [1.29, 1.82) is 0 Å². The first kappa shape index (κ1) is 35.6. The molecule has 3 atom stereocenters. The van der Waals surface area contributed by atoms with E-state index >= 15 is 0 Å². The number of methoxy groups -OCH3 is 2. The number of ether oxygens (including phenoxy) is 2. The number of pyridine rings is 1. The molecule has 4 nitrogen and oxygen atoms in total. The maximum Gasteiger partial charge on any atom is 2.00 e. The molecule has 5 rings (SSSR count). The Morgan fingerprint density at radius 2 is 1.44 bits per heavy atom. The van der Waals surface area contributed by atoms with Gasteiger partial charge in [0, 0.05) is 18.8 Å². The van der Waals surface area contributed by atoms with Crippen LogP contribution in [0.25, 0.3) is 0 Å². The summed E-state index contributed by atoms with van der Waals surface area (Å²) in [6.45, 7) is 14.1. The number of hydrogen-bond acceptors (Lipinski definition) is 4. The molecule has 2 aromatic carbocycles. The zero-order valence-electron chi connectivity index (χ0n) is 27.4. The standard InChI is InChI=1S/C31H40N2O2P.C6H11.Fe/c1-20-15-26(16-21(2)30(20)34-6)36(27-17-22(3)31(35-7)23(4)18-27)29-13-10-12-28(29)24(5)33-19-25-11-8-9-14-32-25;1-6-4-2-3-5-6;/h8-11,14-18,24,28-29,33H,12-13,19H2,1-7H3;2-5H2,1H3;/q2*-1;+2/t24-,28?,29?;;/m1../s1. The molecule has 0 spiro atoms. The number of hydrogen-bond donors (Lipinski definition) is 1. The van der Waals surface area contributed by atoms with Crippen molar-refractivity contribution in [2.24, 2.45) is 5.92 Å². The van der Waals surface area contributed by atoms with Gasteiger partial charge < -0.3 is 27.1 Å². The molecule has 43 heavy (non-hydrogen) atoms. The molecule has 0 saturated heterocycles. The van der Waals surface area contributed by atoms with Crippen LogP contribution in [-0.2, 0) is 23.6 Å². The smallest absolute Gasteiger partial charge is 0.496 e. The van der Waals surface area contributed by atoms with Crippen LogP contribution in [0.2, 0.25) is 0 Å². The number of benzene rings is 2. The summed E-state index contributed by atoms with van der Waals surface area (Å²) in [7, 11) is 2.95. The predicted octanol–water partition coefficient (Wildman–Crippen LogP) is 8.08. The van der Waals surface area contributed by atoms with Crippen LogP contribution >= 0.6 is 7.92 Å². The third-order valence-corrected chi connectivity index (χ3v) is 11.8. The second-order valence-corrected chi connectivity index (χ2v) is 14.7. The van der Waals surface area contributed by atoms with Gasteiger partial charge in [0.05, 0.1) is 19.9 Å². The Labute approximate surface area is 273 Å². The van der Waals surface area contributed by atoms with E-state index in [1.807, 2.05) is 12.3 Å². The van der Waals surface area contributed by atoms with Gasteiger partial charge in [0.1, 0.15) is 11.5 Å². The van der Waals surface area contributed by atoms with E-state index in [2.05, 4.69) is 94.7 Å². The summed E-state index contributed by atoms with van der Waals surface area (Å²) in [5.41, 5.74) is 6.49. The zero-order valence-corrected chi connectivity index (χ0v) is 29.4.